The number of halogens is 1. The van der Waals surface area contributed by atoms with Gasteiger partial charge in [-0.05, 0) is 37.4 Å². The molecule has 3 heteroatoms. The Morgan fingerprint density at radius 2 is 2.00 bits per heavy atom. The number of nitriles is 1. The van der Waals surface area contributed by atoms with Crippen LogP contribution in [0.3, 0.4) is 0 Å². The van der Waals surface area contributed by atoms with Gasteiger partial charge in [-0.2, -0.15) is 5.26 Å². The molecule has 0 bridgehead atoms. The summed E-state index contributed by atoms with van der Waals surface area (Å²) in [7, 11) is 0. The van der Waals surface area contributed by atoms with Crippen LogP contribution in [0.15, 0.2) is 24.3 Å². The minimum Gasteiger partial charge on any atom is -0.299 e. The summed E-state index contributed by atoms with van der Waals surface area (Å²) in [5.41, 5.74) is 0.918. The van der Waals surface area contributed by atoms with Crippen molar-refractivity contribution in [3.63, 3.8) is 0 Å². The molecular formula is C15H19FN2. The normalized spacial score (nSPS) is 19.4. The number of hydrogen-bond donors (Lipinski definition) is 0. The number of rotatable bonds is 3. The van der Waals surface area contributed by atoms with Gasteiger partial charge in [-0.15, -0.1) is 0 Å². The number of likely N-dealkylation sites (tertiary alicyclic amines) is 1. The van der Waals surface area contributed by atoms with Gasteiger partial charge in [0.15, 0.2) is 0 Å². The molecule has 2 nitrogen and oxygen atoms in total. The van der Waals surface area contributed by atoms with Crippen LogP contribution in [0, 0.1) is 22.6 Å². The zero-order valence-electron chi connectivity index (χ0n) is 10.8. The first-order valence-electron chi connectivity index (χ1n) is 6.46. The minimum atomic E-state index is -0.122. The molecule has 1 aliphatic heterocycles. The highest BCUT2D eigenvalue weighted by Gasteiger charge is 2.29. The summed E-state index contributed by atoms with van der Waals surface area (Å²) in [6, 6.07) is 9.23. The van der Waals surface area contributed by atoms with Crippen molar-refractivity contribution in [3.8, 4) is 6.07 Å². The Hall–Kier alpha value is -1.40. The third-order valence-electron chi connectivity index (χ3n) is 3.92. The molecule has 0 radical (unpaired) electrons. The lowest BCUT2D eigenvalue weighted by Gasteiger charge is -2.38. The van der Waals surface area contributed by atoms with Crippen LogP contribution in [0.5, 0.6) is 0 Å². The number of nitrogens with zero attached hydrogens (tertiary/aromatic N) is 2. The van der Waals surface area contributed by atoms with Crippen LogP contribution in [0.2, 0.25) is 0 Å². The predicted octanol–water partition coefficient (Wildman–Crippen LogP) is 3.34. The summed E-state index contributed by atoms with van der Waals surface area (Å²) in [5.74, 6) is -0.122. The molecule has 18 heavy (non-hydrogen) atoms. The second-order valence-electron chi connectivity index (χ2n) is 5.51. The molecule has 0 aliphatic carbocycles. The van der Waals surface area contributed by atoms with Crippen molar-refractivity contribution in [2.24, 2.45) is 5.41 Å². The molecule has 96 valence electrons. The summed E-state index contributed by atoms with van der Waals surface area (Å²) in [6.45, 7) is 4.75. The van der Waals surface area contributed by atoms with Crippen LogP contribution in [0.25, 0.3) is 0 Å². The Balaban J connectivity index is 1.92. The van der Waals surface area contributed by atoms with Crippen LogP contribution in [-0.2, 0) is 6.54 Å². The quantitative estimate of drug-likeness (QED) is 0.818. The van der Waals surface area contributed by atoms with Gasteiger partial charge in [0, 0.05) is 18.5 Å². The maximum Gasteiger partial charge on any atom is 0.127 e. The average molecular weight is 246 g/mol. The summed E-state index contributed by atoms with van der Waals surface area (Å²) in [4.78, 5) is 2.28. The van der Waals surface area contributed by atoms with Gasteiger partial charge >= 0.3 is 0 Å². The molecule has 1 aromatic rings. The number of piperidine rings is 1. The Bertz CT molecular complexity index is 442. The summed E-state index contributed by atoms with van der Waals surface area (Å²) < 4.78 is 13.5. The van der Waals surface area contributed by atoms with E-state index in [0.717, 1.165) is 31.5 Å². The molecule has 0 unspecified atom stereocenters. The van der Waals surface area contributed by atoms with Gasteiger partial charge < -0.3 is 0 Å². The maximum absolute atomic E-state index is 13.5. The van der Waals surface area contributed by atoms with Gasteiger partial charge in [0.2, 0.25) is 0 Å². The van der Waals surface area contributed by atoms with E-state index in [0.29, 0.717) is 13.0 Å². The molecule has 1 aromatic carbocycles. The van der Waals surface area contributed by atoms with Crippen molar-refractivity contribution in [1.82, 2.24) is 4.90 Å². The number of benzene rings is 1. The summed E-state index contributed by atoms with van der Waals surface area (Å²) in [6.07, 6.45) is 2.67. The van der Waals surface area contributed by atoms with Crippen LogP contribution >= 0.6 is 0 Å². The molecule has 0 spiro atoms. The van der Waals surface area contributed by atoms with Crippen molar-refractivity contribution >= 4 is 0 Å². The lowest BCUT2D eigenvalue weighted by atomic mass is 9.78. The molecule has 1 saturated heterocycles. The van der Waals surface area contributed by atoms with Crippen molar-refractivity contribution < 1.29 is 4.39 Å². The topological polar surface area (TPSA) is 27.0 Å². The van der Waals surface area contributed by atoms with Crippen molar-refractivity contribution in [2.75, 3.05) is 13.1 Å². The van der Waals surface area contributed by atoms with Gasteiger partial charge in [-0.3, -0.25) is 4.90 Å². The Morgan fingerprint density at radius 1 is 1.33 bits per heavy atom. The highest BCUT2D eigenvalue weighted by molar-refractivity contribution is 5.17. The van der Waals surface area contributed by atoms with E-state index >= 15 is 0 Å². The van der Waals surface area contributed by atoms with Gasteiger partial charge in [0.25, 0.3) is 0 Å². The lowest BCUT2D eigenvalue weighted by Crippen LogP contribution is -2.38. The van der Waals surface area contributed by atoms with E-state index in [2.05, 4.69) is 17.9 Å². The largest absolute Gasteiger partial charge is 0.299 e. The Labute approximate surface area is 108 Å². The molecule has 0 atom stereocenters. The maximum atomic E-state index is 13.5. The molecule has 1 fully saturated rings. The van der Waals surface area contributed by atoms with Crippen LogP contribution in [0.1, 0.15) is 31.7 Å². The van der Waals surface area contributed by atoms with Gasteiger partial charge in [-0.1, -0.05) is 25.1 Å². The first kappa shape index (κ1) is 13.0. The fourth-order valence-electron chi connectivity index (χ4n) is 2.49. The van der Waals surface area contributed by atoms with Crippen molar-refractivity contribution in [3.05, 3.63) is 35.6 Å². The van der Waals surface area contributed by atoms with E-state index in [1.807, 2.05) is 12.1 Å². The van der Waals surface area contributed by atoms with Gasteiger partial charge in [0.05, 0.1) is 6.07 Å². The van der Waals surface area contributed by atoms with Crippen LogP contribution < -0.4 is 0 Å². The molecule has 0 N–H and O–H groups in total. The second kappa shape index (κ2) is 5.49. The smallest absolute Gasteiger partial charge is 0.127 e. The molecule has 2 rings (SSSR count). The van der Waals surface area contributed by atoms with Gasteiger partial charge in [0.1, 0.15) is 5.82 Å². The zero-order chi connectivity index (χ0) is 13.0. The first-order valence-corrected chi connectivity index (χ1v) is 6.46. The molecule has 0 amide bonds. The first-order chi connectivity index (χ1) is 8.63. The molecule has 1 heterocycles. The summed E-state index contributed by atoms with van der Waals surface area (Å²) >= 11 is 0. The second-order valence-corrected chi connectivity index (χ2v) is 5.51. The molecule has 0 aromatic heterocycles. The SMILES string of the molecule is CC1(CC#N)CCN(Cc2ccccc2F)CC1. The minimum absolute atomic E-state index is 0.122. The Kier molecular flexibility index (Phi) is 3.98. The van der Waals surface area contributed by atoms with E-state index in [1.54, 1.807) is 6.07 Å². The molecule has 1 aliphatic rings. The standard InChI is InChI=1S/C15H19FN2/c1-15(6-9-17)7-10-18(11-8-15)12-13-4-2-3-5-14(13)16/h2-5H,6-8,10-12H2,1H3. The molecular weight excluding hydrogens is 227 g/mol. The van der Waals surface area contributed by atoms with Crippen LogP contribution in [0.4, 0.5) is 4.39 Å². The summed E-state index contributed by atoms with van der Waals surface area (Å²) in [5, 5.41) is 8.81. The zero-order valence-corrected chi connectivity index (χ0v) is 10.8. The van der Waals surface area contributed by atoms with Crippen molar-refractivity contribution in [1.29, 1.82) is 5.26 Å². The molecule has 0 saturated carbocycles. The van der Waals surface area contributed by atoms with E-state index in [-0.39, 0.29) is 11.2 Å². The fraction of sp³-hybridized carbons (Fsp3) is 0.533. The number of hydrogen-bond acceptors (Lipinski definition) is 2. The monoisotopic (exact) mass is 246 g/mol. The average Bonchev–Trinajstić information content (AvgIpc) is 2.35. The predicted molar refractivity (Wildman–Crippen MR) is 69.2 cm³/mol. The third-order valence-corrected chi connectivity index (χ3v) is 3.92. The third kappa shape index (κ3) is 3.08. The lowest BCUT2D eigenvalue weighted by molar-refractivity contribution is 0.115. The van der Waals surface area contributed by atoms with Crippen molar-refractivity contribution in [2.45, 2.75) is 32.7 Å². The van der Waals surface area contributed by atoms with E-state index < -0.39 is 0 Å². The fourth-order valence-corrected chi connectivity index (χ4v) is 2.49. The highest BCUT2D eigenvalue weighted by atomic mass is 19.1. The highest BCUT2D eigenvalue weighted by Crippen LogP contribution is 2.34. The van der Waals surface area contributed by atoms with E-state index in [4.69, 9.17) is 5.26 Å². The van der Waals surface area contributed by atoms with Gasteiger partial charge in [-0.25, -0.2) is 4.39 Å². The van der Waals surface area contributed by atoms with Crippen LogP contribution in [-0.4, -0.2) is 18.0 Å². The van der Waals surface area contributed by atoms with E-state index in [1.165, 1.54) is 6.07 Å². The Morgan fingerprint density at radius 3 is 2.61 bits per heavy atom. The van der Waals surface area contributed by atoms with E-state index in [9.17, 15) is 4.39 Å².